The quantitative estimate of drug-likeness (QED) is 0.388. The number of benzene rings is 2. The minimum atomic E-state index is -1.94. The number of cyclic esters (lactones) is 1. The molecule has 0 amide bonds. The number of carbonyl (C=O) groups excluding carboxylic acids is 4. The van der Waals surface area contributed by atoms with Gasteiger partial charge in [-0.3, -0.25) is 14.4 Å². The first-order valence-electron chi connectivity index (χ1n) is 9.26. The van der Waals surface area contributed by atoms with Crippen LogP contribution in [0.2, 0.25) is 0 Å². The van der Waals surface area contributed by atoms with E-state index in [-0.39, 0.29) is 5.78 Å². The van der Waals surface area contributed by atoms with E-state index < -0.39 is 48.6 Å². The second-order valence-electron chi connectivity index (χ2n) is 6.90. The van der Waals surface area contributed by atoms with Crippen LogP contribution in [0.4, 0.5) is 0 Å². The molecule has 2 N–H and O–H groups in total. The lowest BCUT2D eigenvalue weighted by molar-refractivity contribution is -0.157. The van der Waals surface area contributed by atoms with Crippen LogP contribution >= 0.6 is 0 Å². The van der Waals surface area contributed by atoms with E-state index in [0.717, 1.165) is 0 Å². The second-order valence-corrected chi connectivity index (χ2v) is 6.90. The molecule has 0 radical (unpaired) electrons. The van der Waals surface area contributed by atoms with Crippen LogP contribution in [0.1, 0.15) is 34.3 Å². The van der Waals surface area contributed by atoms with Gasteiger partial charge in [0.1, 0.15) is 12.7 Å². The third-order valence-corrected chi connectivity index (χ3v) is 4.80. The Labute approximate surface area is 172 Å². The Morgan fingerprint density at radius 2 is 1.73 bits per heavy atom. The fourth-order valence-electron chi connectivity index (χ4n) is 3.01. The molecule has 8 nitrogen and oxygen atoms in total. The van der Waals surface area contributed by atoms with Crippen molar-refractivity contribution in [1.82, 2.24) is 0 Å². The molecule has 4 atom stereocenters. The van der Waals surface area contributed by atoms with E-state index in [9.17, 15) is 29.4 Å². The van der Waals surface area contributed by atoms with Gasteiger partial charge in [-0.15, -0.1) is 0 Å². The first kappa shape index (κ1) is 21.4. The van der Waals surface area contributed by atoms with Gasteiger partial charge in [0.05, 0.1) is 5.92 Å². The molecule has 0 bridgehead atoms. The van der Waals surface area contributed by atoms with Crippen molar-refractivity contribution in [3.8, 4) is 0 Å². The Morgan fingerprint density at radius 3 is 2.37 bits per heavy atom. The molecule has 8 heteroatoms. The van der Waals surface area contributed by atoms with E-state index >= 15 is 0 Å². The van der Waals surface area contributed by atoms with Gasteiger partial charge in [-0.05, 0) is 18.6 Å². The molecular weight excluding hydrogens is 392 g/mol. The zero-order chi connectivity index (χ0) is 21.8. The number of ketones is 2. The maximum absolute atomic E-state index is 12.6. The van der Waals surface area contributed by atoms with E-state index in [1.54, 1.807) is 61.5 Å². The van der Waals surface area contributed by atoms with Gasteiger partial charge in [0.25, 0.3) is 0 Å². The van der Waals surface area contributed by atoms with Crippen molar-refractivity contribution in [3.63, 3.8) is 0 Å². The molecule has 1 unspecified atom stereocenters. The smallest absolute Gasteiger partial charge is 0.343 e. The second kappa shape index (κ2) is 8.98. The molecule has 1 aliphatic heterocycles. The first-order valence-corrected chi connectivity index (χ1v) is 9.26. The average Bonchev–Trinajstić information content (AvgIpc) is 3.04. The van der Waals surface area contributed by atoms with E-state index in [4.69, 9.17) is 4.74 Å². The molecular formula is C22H20O8. The molecule has 1 aliphatic rings. The van der Waals surface area contributed by atoms with Gasteiger partial charge in [-0.25, -0.2) is 4.79 Å². The molecule has 156 valence electrons. The van der Waals surface area contributed by atoms with E-state index in [1.807, 2.05) is 0 Å². The monoisotopic (exact) mass is 412 g/mol. The van der Waals surface area contributed by atoms with Crippen LogP contribution in [-0.2, 0) is 23.9 Å². The van der Waals surface area contributed by atoms with Gasteiger partial charge in [-0.1, -0.05) is 48.5 Å². The highest BCUT2D eigenvalue weighted by Crippen LogP contribution is 2.21. The Morgan fingerprint density at radius 1 is 1.07 bits per heavy atom. The van der Waals surface area contributed by atoms with Crippen molar-refractivity contribution in [2.45, 2.75) is 31.2 Å². The number of carbonyl (C=O) groups is 4. The van der Waals surface area contributed by atoms with Gasteiger partial charge in [0.2, 0.25) is 11.9 Å². The highest BCUT2D eigenvalue weighted by atomic mass is 16.6. The van der Waals surface area contributed by atoms with Crippen molar-refractivity contribution < 1.29 is 38.9 Å². The summed E-state index contributed by atoms with van der Waals surface area (Å²) in [6, 6.07) is 15.3. The van der Waals surface area contributed by atoms with Crippen molar-refractivity contribution in [2.24, 2.45) is 0 Å². The number of hydrogen-bond acceptors (Lipinski definition) is 8. The molecule has 0 aromatic heterocycles. The minimum Gasteiger partial charge on any atom is -0.462 e. The fourth-order valence-corrected chi connectivity index (χ4v) is 3.01. The molecule has 2 aromatic carbocycles. The third-order valence-electron chi connectivity index (χ3n) is 4.80. The lowest BCUT2D eigenvalue weighted by Crippen LogP contribution is -2.38. The highest BCUT2D eigenvalue weighted by Gasteiger charge is 2.46. The summed E-state index contributed by atoms with van der Waals surface area (Å²) in [5.41, 5.74) is 1.47. The normalized spacial score (nSPS) is 20.4. The SMILES string of the molecule is C[C@H](C(=O)OC[C@H](O)[C@H]1OC(=O)C(O)C1=O)c1cccc(C(=O)c2ccccc2)c1. The first-order chi connectivity index (χ1) is 14.3. The van der Waals surface area contributed by atoms with Gasteiger partial charge < -0.3 is 19.7 Å². The van der Waals surface area contributed by atoms with Gasteiger partial charge in [0.15, 0.2) is 11.9 Å². The summed E-state index contributed by atoms with van der Waals surface area (Å²) in [7, 11) is 0. The maximum atomic E-state index is 12.6. The number of ether oxygens (including phenoxy) is 2. The minimum absolute atomic E-state index is 0.187. The van der Waals surface area contributed by atoms with Crippen LogP contribution in [-0.4, -0.2) is 58.6 Å². The molecule has 0 saturated carbocycles. The summed E-state index contributed by atoms with van der Waals surface area (Å²) in [5, 5.41) is 19.3. The number of hydrogen-bond donors (Lipinski definition) is 2. The lowest BCUT2D eigenvalue weighted by atomic mass is 9.96. The van der Waals surface area contributed by atoms with Gasteiger partial charge >= 0.3 is 11.9 Å². The fraction of sp³-hybridized carbons (Fsp3) is 0.273. The topological polar surface area (TPSA) is 127 Å². The largest absolute Gasteiger partial charge is 0.462 e. The summed E-state index contributed by atoms with van der Waals surface area (Å²) < 4.78 is 9.63. The Balaban J connectivity index is 1.63. The third kappa shape index (κ3) is 4.45. The molecule has 2 aromatic rings. The van der Waals surface area contributed by atoms with Crippen molar-refractivity contribution in [1.29, 1.82) is 0 Å². The van der Waals surface area contributed by atoms with E-state index in [2.05, 4.69) is 4.74 Å². The van der Waals surface area contributed by atoms with Crippen molar-refractivity contribution in [2.75, 3.05) is 6.61 Å². The zero-order valence-corrected chi connectivity index (χ0v) is 16.1. The van der Waals surface area contributed by atoms with E-state index in [1.165, 1.54) is 0 Å². The van der Waals surface area contributed by atoms with Crippen molar-refractivity contribution in [3.05, 3.63) is 71.3 Å². The zero-order valence-electron chi connectivity index (χ0n) is 16.1. The summed E-state index contributed by atoms with van der Waals surface area (Å²) in [4.78, 5) is 47.8. The van der Waals surface area contributed by atoms with Crippen LogP contribution in [0, 0.1) is 0 Å². The number of esters is 2. The summed E-state index contributed by atoms with van der Waals surface area (Å²) in [5.74, 6) is -3.77. The predicted octanol–water partition coefficient (Wildman–Crippen LogP) is 0.781. The Hall–Kier alpha value is -3.36. The Bertz CT molecular complexity index is 968. The summed E-state index contributed by atoms with van der Waals surface area (Å²) in [6.45, 7) is 0.980. The lowest BCUT2D eigenvalue weighted by Gasteiger charge is -2.18. The number of rotatable bonds is 7. The molecule has 1 heterocycles. The molecule has 3 rings (SSSR count). The number of Topliss-reactive ketones (excluding diaryl/α,β-unsaturated/α-hetero) is 1. The van der Waals surface area contributed by atoms with Crippen LogP contribution in [0.25, 0.3) is 0 Å². The molecule has 30 heavy (non-hydrogen) atoms. The highest BCUT2D eigenvalue weighted by molar-refractivity contribution is 6.09. The molecule has 0 spiro atoms. The summed E-state index contributed by atoms with van der Waals surface area (Å²) in [6.07, 6.45) is -5.12. The van der Waals surface area contributed by atoms with E-state index in [0.29, 0.717) is 16.7 Å². The van der Waals surface area contributed by atoms with Crippen molar-refractivity contribution >= 4 is 23.5 Å². The maximum Gasteiger partial charge on any atom is 0.343 e. The predicted molar refractivity (Wildman–Crippen MR) is 103 cm³/mol. The number of aliphatic hydroxyl groups is 2. The van der Waals surface area contributed by atoms with Crippen LogP contribution in [0.15, 0.2) is 54.6 Å². The average molecular weight is 412 g/mol. The van der Waals surface area contributed by atoms with Crippen LogP contribution in [0.5, 0.6) is 0 Å². The van der Waals surface area contributed by atoms with Gasteiger partial charge in [0, 0.05) is 11.1 Å². The molecule has 1 saturated heterocycles. The number of aliphatic hydroxyl groups excluding tert-OH is 2. The summed E-state index contributed by atoms with van der Waals surface area (Å²) >= 11 is 0. The van der Waals surface area contributed by atoms with Gasteiger partial charge in [-0.2, -0.15) is 0 Å². The molecule has 1 fully saturated rings. The van der Waals surface area contributed by atoms with Crippen LogP contribution < -0.4 is 0 Å². The Kier molecular flexibility index (Phi) is 6.39. The standard InChI is InChI=1S/C22H20O8/c1-12(21(27)29-11-16(23)20-18(25)19(26)22(28)30-20)14-8-5-9-15(10-14)17(24)13-6-3-2-4-7-13/h2-10,12,16,19-20,23,26H,11H2,1H3/t12-,16-,19?,20+/m0/s1. The molecule has 0 aliphatic carbocycles. The van der Waals surface area contributed by atoms with Crippen LogP contribution in [0.3, 0.4) is 0 Å².